The maximum Gasteiger partial charge on any atom is 0.308 e. The van der Waals surface area contributed by atoms with Crippen molar-refractivity contribution in [2.45, 2.75) is 31.7 Å². The Balaban J connectivity index is 1.53. The SMILES string of the molecule is COC(=O)[C@@H]1CCCC(Nc2ncnc(N)c2-c2ccc(Oc3ccccc3)cc2)C1. The molecule has 3 N–H and O–H groups in total. The third-order valence-corrected chi connectivity index (χ3v) is 5.55. The van der Waals surface area contributed by atoms with Gasteiger partial charge >= 0.3 is 5.97 Å². The summed E-state index contributed by atoms with van der Waals surface area (Å²) in [5, 5.41) is 3.48. The number of methoxy groups -OCH3 is 1. The summed E-state index contributed by atoms with van der Waals surface area (Å²) in [6.07, 6.45) is 4.93. The van der Waals surface area contributed by atoms with Crippen LogP contribution in [0, 0.1) is 5.92 Å². The number of esters is 1. The maximum absolute atomic E-state index is 12.0. The Bertz CT molecular complexity index is 1020. The van der Waals surface area contributed by atoms with Crippen molar-refractivity contribution >= 4 is 17.6 Å². The smallest absolute Gasteiger partial charge is 0.308 e. The van der Waals surface area contributed by atoms with Crippen molar-refractivity contribution in [3.63, 3.8) is 0 Å². The number of rotatable bonds is 6. The number of aromatic nitrogens is 2. The summed E-state index contributed by atoms with van der Waals surface area (Å²) in [6.45, 7) is 0. The largest absolute Gasteiger partial charge is 0.469 e. The van der Waals surface area contributed by atoms with E-state index in [1.165, 1.54) is 13.4 Å². The van der Waals surface area contributed by atoms with E-state index in [1.807, 2.05) is 54.6 Å². The van der Waals surface area contributed by atoms with Crippen molar-refractivity contribution in [2.24, 2.45) is 5.92 Å². The topological polar surface area (TPSA) is 99.4 Å². The lowest BCUT2D eigenvalue weighted by Gasteiger charge is -2.29. The summed E-state index contributed by atoms with van der Waals surface area (Å²) in [5.74, 6) is 2.33. The van der Waals surface area contributed by atoms with E-state index in [9.17, 15) is 4.79 Å². The molecule has 1 unspecified atom stereocenters. The van der Waals surface area contributed by atoms with Gasteiger partial charge in [0.1, 0.15) is 29.5 Å². The van der Waals surface area contributed by atoms with Crippen LogP contribution in [-0.2, 0) is 9.53 Å². The van der Waals surface area contributed by atoms with E-state index in [0.717, 1.165) is 41.9 Å². The average Bonchev–Trinajstić information content (AvgIpc) is 2.80. The number of nitrogens with two attached hydrogens (primary N) is 1. The zero-order chi connectivity index (χ0) is 21.6. The van der Waals surface area contributed by atoms with Crippen molar-refractivity contribution < 1.29 is 14.3 Å². The lowest BCUT2D eigenvalue weighted by Crippen LogP contribution is -2.32. The summed E-state index contributed by atoms with van der Waals surface area (Å²) in [4.78, 5) is 20.6. The molecule has 4 rings (SSSR count). The lowest BCUT2D eigenvalue weighted by molar-refractivity contribution is -0.146. The molecule has 160 valence electrons. The first kappa shape index (κ1) is 20.7. The molecule has 1 fully saturated rings. The van der Waals surface area contributed by atoms with Crippen LogP contribution in [0.3, 0.4) is 0 Å². The number of benzene rings is 2. The quantitative estimate of drug-likeness (QED) is 0.562. The first-order valence-corrected chi connectivity index (χ1v) is 10.4. The minimum absolute atomic E-state index is 0.0895. The Morgan fingerprint density at radius 2 is 1.77 bits per heavy atom. The molecule has 1 saturated carbocycles. The summed E-state index contributed by atoms with van der Waals surface area (Å²) in [6, 6.07) is 17.4. The van der Waals surface area contributed by atoms with Gasteiger partial charge in [0, 0.05) is 6.04 Å². The molecule has 0 aliphatic heterocycles. The molecule has 0 saturated heterocycles. The van der Waals surface area contributed by atoms with Crippen LogP contribution in [0.2, 0.25) is 0 Å². The molecule has 0 amide bonds. The van der Waals surface area contributed by atoms with Crippen LogP contribution in [0.5, 0.6) is 11.5 Å². The van der Waals surface area contributed by atoms with Crippen LogP contribution in [0.25, 0.3) is 11.1 Å². The van der Waals surface area contributed by atoms with Crippen molar-refractivity contribution in [1.29, 1.82) is 0 Å². The van der Waals surface area contributed by atoms with Crippen molar-refractivity contribution in [1.82, 2.24) is 9.97 Å². The monoisotopic (exact) mass is 418 g/mol. The summed E-state index contributed by atoms with van der Waals surface area (Å²) in [5.41, 5.74) is 7.86. The predicted molar refractivity (Wildman–Crippen MR) is 120 cm³/mol. The van der Waals surface area contributed by atoms with Crippen LogP contribution in [-0.4, -0.2) is 29.1 Å². The fraction of sp³-hybridized carbons (Fsp3) is 0.292. The molecular formula is C24H26N4O3. The molecule has 0 bridgehead atoms. The number of anilines is 2. The second-order valence-corrected chi connectivity index (χ2v) is 7.65. The standard InChI is InChI=1S/C24H26N4O3/c1-30-24(29)17-6-5-7-18(14-17)28-23-21(22(25)26-15-27-23)16-10-12-20(13-11-16)31-19-8-3-2-4-9-19/h2-4,8-13,15,17-18H,5-7,14H2,1H3,(H3,25,26,27,28)/t17-,18?/m1/s1. The van der Waals surface area contributed by atoms with Gasteiger partial charge in [0.25, 0.3) is 0 Å². The van der Waals surface area contributed by atoms with Gasteiger partial charge in [0.15, 0.2) is 0 Å². The molecule has 31 heavy (non-hydrogen) atoms. The Morgan fingerprint density at radius 1 is 1.03 bits per heavy atom. The number of carbonyl (C=O) groups excluding carboxylic acids is 1. The van der Waals surface area contributed by atoms with E-state index >= 15 is 0 Å². The molecule has 1 heterocycles. The maximum atomic E-state index is 12.0. The predicted octanol–water partition coefficient (Wildman–Crippen LogP) is 4.66. The summed E-state index contributed by atoms with van der Waals surface area (Å²) < 4.78 is 10.8. The zero-order valence-corrected chi connectivity index (χ0v) is 17.5. The molecule has 3 aromatic rings. The Hall–Kier alpha value is -3.61. The van der Waals surface area contributed by atoms with Gasteiger partial charge in [0.05, 0.1) is 18.6 Å². The molecule has 0 spiro atoms. The highest BCUT2D eigenvalue weighted by Crippen LogP contribution is 2.35. The van der Waals surface area contributed by atoms with E-state index in [4.69, 9.17) is 15.2 Å². The van der Waals surface area contributed by atoms with Gasteiger partial charge in [-0.3, -0.25) is 4.79 Å². The molecular weight excluding hydrogens is 392 g/mol. The van der Waals surface area contributed by atoms with Crippen LogP contribution in [0.15, 0.2) is 60.9 Å². The number of para-hydroxylation sites is 1. The van der Waals surface area contributed by atoms with E-state index in [1.54, 1.807) is 0 Å². The van der Waals surface area contributed by atoms with Crippen molar-refractivity contribution in [3.8, 4) is 22.6 Å². The second kappa shape index (κ2) is 9.47. The number of nitrogens with one attached hydrogen (secondary N) is 1. The number of carbonyl (C=O) groups is 1. The molecule has 0 radical (unpaired) electrons. The highest BCUT2D eigenvalue weighted by molar-refractivity contribution is 5.83. The van der Waals surface area contributed by atoms with E-state index < -0.39 is 0 Å². The Morgan fingerprint density at radius 3 is 2.52 bits per heavy atom. The molecule has 7 nitrogen and oxygen atoms in total. The fourth-order valence-corrected chi connectivity index (χ4v) is 4.00. The molecule has 2 aromatic carbocycles. The van der Waals surface area contributed by atoms with Crippen LogP contribution >= 0.6 is 0 Å². The van der Waals surface area contributed by atoms with Gasteiger partial charge < -0.3 is 20.5 Å². The number of nitrogens with zero attached hydrogens (tertiary/aromatic N) is 2. The van der Waals surface area contributed by atoms with Gasteiger partial charge in [-0.1, -0.05) is 36.8 Å². The van der Waals surface area contributed by atoms with Gasteiger partial charge in [-0.05, 0) is 49.1 Å². The number of hydrogen-bond donors (Lipinski definition) is 2. The zero-order valence-electron chi connectivity index (χ0n) is 17.5. The minimum Gasteiger partial charge on any atom is -0.469 e. The minimum atomic E-state index is -0.150. The first-order valence-electron chi connectivity index (χ1n) is 10.4. The van der Waals surface area contributed by atoms with Gasteiger partial charge in [-0.15, -0.1) is 0 Å². The molecule has 7 heteroatoms. The third kappa shape index (κ3) is 4.94. The van der Waals surface area contributed by atoms with Crippen molar-refractivity contribution in [2.75, 3.05) is 18.2 Å². The molecule has 1 aliphatic rings. The van der Waals surface area contributed by atoms with Gasteiger partial charge in [-0.25, -0.2) is 9.97 Å². The summed E-state index contributed by atoms with van der Waals surface area (Å²) in [7, 11) is 1.44. The summed E-state index contributed by atoms with van der Waals surface area (Å²) >= 11 is 0. The van der Waals surface area contributed by atoms with E-state index in [-0.39, 0.29) is 17.9 Å². The molecule has 1 aliphatic carbocycles. The lowest BCUT2D eigenvalue weighted by atomic mass is 9.85. The second-order valence-electron chi connectivity index (χ2n) is 7.65. The number of hydrogen-bond acceptors (Lipinski definition) is 7. The Kier molecular flexibility index (Phi) is 6.31. The van der Waals surface area contributed by atoms with Crippen LogP contribution in [0.4, 0.5) is 11.6 Å². The average molecular weight is 418 g/mol. The normalized spacial score (nSPS) is 18.2. The highest BCUT2D eigenvalue weighted by atomic mass is 16.5. The van der Waals surface area contributed by atoms with Crippen LogP contribution in [0.1, 0.15) is 25.7 Å². The fourth-order valence-electron chi connectivity index (χ4n) is 4.00. The Labute approximate surface area is 181 Å². The first-order chi connectivity index (χ1) is 15.1. The highest BCUT2D eigenvalue weighted by Gasteiger charge is 2.28. The van der Waals surface area contributed by atoms with Gasteiger partial charge in [0.2, 0.25) is 0 Å². The third-order valence-electron chi connectivity index (χ3n) is 5.55. The number of ether oxygens (including phenoxy) is 2. The van der Waals surface area contributed by atoms with Gasteiger partial charge in [-0.2, -0.15) is 0 Å². The van der Waals surface area contributed by atoms with Crippen molar-refractivity contribution in [3.05, 3.63) is 60.9 Å². The molecule has 2 atom stereocenters. The van der Waals surface area contributed by atoms with E-state index in [2.05, 4.69) is 15.3 Å². The number of nitrogen functional groups attached to an aromatic ring is 1. The molecule has 1 aromatic heterocycles. The van der Waals surface area contributed by atoms with Crippen LogP contribution < -0.4 is 15.8 Å². The van der Waals surface area contributed by atoms with E-state index in [0.29, 0.717) is 18.1 Å².